The number of anilines is 1. The van der Waals surface area contributed by atoms with Gasteiger partial charge in [0.2, 0.25) is 0 Å². The van der Waals surface area contributed by atoms with Gasteiger partial charge in [-0.1, -0.05) is 24.1 Å². The van der Waals surface area contributed by atoms with Crippen molar-refractivity contribution in [2.75, 3.05) is 5.32 Å². The number of amides is 1. The second-order valence-electron chi connectivity index (χ2n) is 6.23. The molecule has 23 heavy (non-hydrogen) atoms. The van der Waals surface area contributed by atoms with E-state index in [1.165, 1.54) is 5.56 Å². The molecule has 4 rings (SSSR count). The zero-order chi connectivity index (χ0) is 15.8. The summed E-state index contributed by atoms with van der Waals surface area (Å²) in [5.74, 6) is 0.304. The predicted molar refractivity (Wildman–Crippen MR) is 90.9 cm³/mol. The van der Waals surface area contributed by atoms with Gasteiger partial charge >= 0.3 is 0 Å². The van der Waals surface area contributed by atoms with E-state index < -0.39 is 0 Å². The number of carbonyl (C=O) groups excluding carboxylic acids is 1. The molecule has 0 spiro atoms. The van der Waals surface area contributed by atoms with E-state index in [0.29, 0.717) is 11.6 Å². The number of nitrogens with zero attached hydrogens (tertiary/aromatic N) is 1. The van der Waals surface area contributed by atoms with Gasteiger partial charge in [0.15, 0.2) is 0 Å². The molecule has 2 aliphatic rings. The molecule has 0 bridgehead atoms. The number of rotatable bonds is 2. The number of carbonyl (C=O) groups is 1. The van der Waals surface area contributed by atoms with E-state index in [9.17, 15) is 4.79 Å². The van der Waals surface area contributed by atoms with E-state index in [1.807, 2.05) is 24.3 Å². The number of fused-ring (bicyclic) bond motifs is 3. The Morgan fingerprint density at radius 3 is 3.00 bits per heavy atom. The van der Waals surface area contributed by atoms with Gasteiger partial charge in [-0.05, 0) is 48.7 Å². The van der Waals surface area contributed by atoms with Crippen LogP contribution in [-0.4, -0.2) is 23.0 Å². The van der Waals surface area contributed by atoms with Gasteiger partial charge in [0.05, 0.1) is 6.04 Å². The van der Waals surface area contributed by atoms with Crippen molar-refractivity contribution in [3.05, 3.63) is 58.9 Å². The summed E-state index contributed by atoms with van der Waals surface area (Å²) in [6.07, 6.45) is 4.85. The van der Waals surface area contributed by atoms with Gasteiger partial charge in [0, 0.05) is 28.9 Å². The first-order chi connectivity index (χ1) is 11.2. The molecule has 1 fully saturated rings. The zero-order valence-corrected chi connectivity index (χ0v) is 13.4. The molecule has 2 heterocycles. The third-order valence-corrected chi connectivity index (χ3v) is 5.08. The van der Waals surface area contributed by atoms with Gasteiger partial charge in [0.25, 0.3) is 5.91 Å². The van der Waals surface area contributed by atoms with Gasteiger partial charge in [-0.15, -0.1) is 0 Å². The Labute approximate surface area is 140 Å². The van der Waals surface area contributed by atoms with Crippen LogP contribution < -0.4 is 10.6 Å². The van der Waals surface area contributed by atoms with E-state index in [4.69, 9.17) is 11.6 Å². The van der Waals surface area contributed by atoms with Gasteiger partial charge in [-0.2, -0.15) is 0 Å². The normalized spacial score (nSPS) is 25.2. The Kier molecular flexibility index (Phi) is 3.69. The van der Waals surface area contributed by atoms with Crippen molar-refractivity contribution in [3.63, 3.8) is 0 Å². The third kappa shape index (κ3) is 2.68. The summed E-state index contributed by atoms with van der Waals surface area (Å²) in [5.41, 5.74) is 2.89. The lowest BCUT2D eigenvalue weighted by Gasteiger charge is -2.34. The van der Waals surface area contributed by atoms with Gasteiger partial charge < -0.3 is 10.6 Å². The van der Waals surface area contributed by atoms with Crippen LogP contribution in [-0.2, 0) is 0 Å². The van der Waals surface area contributed by atoms with Crippen LogP contribution in [0.3, 0.4) is 0 Å². The molecule has 0 saturated heterocycles. The first-order valence-electron chi connectivity index (χ1n) is 8.00. The van der Waals surface area contributed by atoms with Crippen molar-refractivity contribution in [2.24, 2.45) is 0 Å². The van der Waals surface area contributed by atoms with Crippen molar-refractivity contribution in [3.8, 4) is 0 Å². The Balaban J connectivity index is 1.54. The molecule has 118 valence electrons. The lowest BCUT2D eigenvalue weighted by atomic mass is 9.79. The van der Waals surface area contributed by atoms with Crippen molar-refractivity contribution in [1.82, 2.24) is 10.3 Å². The van der Waals surface area contributed by atoms with Crippen molar-refractivity contribution >= 4 is 23.2 Å². The SMILES string of the molecule is O=C(N[C@@H]1CCCC2c3cc(Cl)ccc3NC21)c1ccccn1. The molecular weight excluding hydrogens is 310 g/mol. The van der Waals surface area contributed by atoms with Crippen molar-refractivity contribution < 1.29 is 4.79 Å². The van der Waals surface area contributed by atoms with Crippen LogP contribution in [0.25, 0.3) is 0 Å². The standard InChI is InChI=1S/C18H18ClN3O/c19-11-7-8-14-13(10-11)12-4-3-6-15(17(12)21-14)22-18(23)16-5-1-2-9-20-16/h1-2,5,7-10,12,15,17,21H,3-4,6H2,(H,22,23)/t12?,15-,17?/m1/s1. The molecular formula is C18H18ClN3O. The molecule has 1 amide bonds. The topological polar surface area (TPSA) is 54.0 Å². The predicted octanol–water partition coefficient (Wildman–Crippen LogP) is 3.60. The second kappa shape index (κ2) is 5.85. The molecule has 2 unspecified atom stereocenters. The zero-order valence-electron chi connectivity index (χ0n) is 12.6. The van der Waals surface area contributed by atoms with E-state index in [-0.39, 0.29) is 18.0 Å². The maximum Gasteiger partial charge on any atom is 0.270 e. The minimum Gasteiger partial charge on any atom is -0.379 e. The molecule has 1 saturated carbocycles. The highest BCUT2D eigenvalue weighted by Crippen LogP contribution is 2.44. The quantitative estimate of drug-likeness (QED) is 0.886. The number of aromatic nitrogens is 1. The number of benzene rings is 1. The second-order valence-corrected chi connectivity index (χ2v) is 6.67. The molecule has 4 nitrogen and oxygen atoms in total. The smallest absolute Gasteiger partial charge is 0.270 e. The van der Waals surface area contributed by atoms with E-state index in [1.54, 1.807) is 12.3 Å². The summed E-state index contributed by atoms with van der Waals surface area (Å²) in [5, 5.41) is 7.51. The molecule has 1 aromatic carbocycles. The van der Waals surface area contributed by atoms with Crippen molar-refractivity contribution in [1.29, 1.82) is 0 Å². The molecule has 5 heteroatoms. The van der Waals surface area contributed by atoms with E-state index >= 15 is 0 Å². The summed E-state index contributed by atoms with van der Waals surface area (Å²) in [6.45, 7) is 0. The number of nitrogens with one attached hydrogen (secondary N) is 2. The molecule has 2 aromatic rings. The third-order valence-electron chi connectivity index (χ3n) is 4.85. The minimum absolute atomic E-state index is 0.105. The Bertz CT molecular complexity index is 734. The highest BCUT2D eigenvalue weighted by molar-refractivity contribution is 6.30. The molecule has 1 aromatic heterocycles. The monoisotopic (exact) mass is 327 g/mol. The first kappa shape index (κ1) is 14.5. The molecule has 1 aliphatic carbocycles. The van der Waals surface area contributed by atoms with Gasteiger partial charge in [-0.3, -0.25) is 9.78 Å². The highest BCUT2D eigenvalue weighted by atomic mass is 35.5. The number of hydrogen-bond donors (Lipinski definition) is 2. The summed E-state index contributed by atoms with van der Waals surface area (Å²) in [6, 6.07) is 11.7. The summed E-state index contributed by atoms with van der Waals surface area (Å²) in [7, 11) is 0. The maximum atomic E-state index is 12.4. The molecule has 3 atom stereocenters. The Hall–Kier alpha value is -2.07. The van der Waals surface area contributed by atoms with E-state index in [0.717, 1.165) is 30.0 Å². The Morgan fingerprint density at radius 1 is 1.26 bits per heavy atom. The lowest BCUT2D eigenvalue weighted by molar-refractivity contribution is 0.0916. The van der Waals surface area contributed by atoms with E-state index in [2.05, 4.69) is 21.7 Å². The molecule has 0 radical (unpaired) electrons. The van der Waals surface area contributed by atoms with Crippen LogP contribution in [0, 0.1) is 0 Å². The number of pyridine rings is 1. The van der Waals surface area contributed by atoms with Gasteiger partial charge in [-0.25, -0.2) is 0 Å². The van der Waals surface area contributed by atoms with Crippen molar-refractivity contribution in [2.45, 2.75) is 37.3 Å². The van der Waals surface area contributed by atoms with Crippen LogP contribution in [0.2, 0.25) is 5.02 Å². The Morgan fingerprint density at radius 2 is 2.17 bits per heavy atom. The fourth-order valence-electron chi connectivity index (χ4n) is 3.80. The number of hydrogen-bond acceptors (Lipinski definition) is 3. The largest absolute Gasteiger partial charge is 0.379 e. The first-order valence-corrected chi connectivity index (χ1v) is 8.38. The van der Waals surface area contributed by atoms with Crippen LogP contribution in [0.5, 0.6) is 0 Å². The molecule has 1 aliphatic heterocycles. The molecule has 2 N–H and O–H groups in total. The highest BCUT2D eigenvalue weighted by Gasteiger charge is 2.40. The average Bonchev–Trinajstić information content (AvgIpc) is 2.95. The fourth-order valence-corrected chi connectivity index (χ4v) is 3.98. The fraction of sp³-hybridized carbons (Fsp3) is 0.333. The summed E-state index contributed by atoms with van der Waals surface area (Å²) < 4.78 is 0. The maximum absolute atomic E-state index is 12.4. The average molecular weight is 328 g/mol. The van der Waals surface area contributed by atoms with Crippen LogP contribution in [0.4, 0.5) is 5.69 Å². The summed E-state index contributed by atoms with van der Waals surface area (Å²) in [4.78, 5) is 16.5. The van der Waals surface area contributed by atoms with Crippen LogP contribution >= 0.6 is 11.6 Å². The van der Waals surface area contributed by atoms with Crippen LogP contribution in [0.15, 0.2) is 42.6 Å². The van der Waals surface area contributed by atoms with Gasteiger partial charge in [0.1, 0.15) is 5.69 Å². The van der Waals surface area contributed by atoms with Crippen LogP contribution in [0.1, 0.15) is 41.2 Å². The number of halogens is 1. The summed E-state index contributed by atoms with van der Waals surface area (Å²) >= 11 is 6.15. The minimum atomic E-state index is -0.105. The lowest BCUT2D eigenvalue weighted by Crippen LogP contribution is -2.49.